The van der Waals surface area contributed by atoms with Gasteiger partial charge in [0.1, 0.15) is 11.5 Å². The number of carbonyl (C=O) groups is 1. The Bertz CT molecular complexity index is 1070. The number of phenolic OH excluding ortho intramolecular Hbond substituents is 2. The fraction of sp³-hybridized carbons (Fsp3) is 0.346. The molecule has 3 aromatic rings. The summed E-state index contributed by atoms with van der Waals surface area (Å²) in [7, 11) is 0. The zero-order valence-corrected chi connectivity index (χ0v) is 19.6. The highest BCUT2D eigenvalue weighted by Gasteiger charge is 2.17. The summed E-state index contributed by atoms with van der Waals surface area (Å²) in [6.07, 6.45) is 0. The van der Waals surface area contributed by atoms with Crippen LogP contribution in [0.5, 0.6) is 11.5 Å². The number of benzene rings is 3. The molecule has 0 spiro atoms. The Hall–Kier alpha value is -2.74. The molecule has 7 heteroatoms. The Morgan fingerprint density at radius 1 is 0.879 bits per heavy atom. The number of hydrogen-bond acceptors (Lipinski definition) is 6. The molecule has 0 atom stereocenters. The molecule has 1 amide bonds. The summed E-state index contributed by atoms with van der Waals surface area (Å²) in [6, 6.07) is 18.7. The molecule has 6 nitrogen and oxygen atoms in total. The van der Waals surface area contributed by atoms with E-state index in [0.29, 0.717) is 11.9 Å². The molecule has 1 saturated heterocycles. The van der Waals surface area contributed by atoms with Gasteiger partial charge < -0.3 is 15.5 Å². The summed E-state index contributed by atoms with van der Waals surface area (Å²) >= 11 is 1.98. The van der Waals surface area contributed by atoms with Crippen LogP contribution in [0.15, 0.2) is 60.7 Å². The summed E-state index contributed by atoms with van der Waals surface area (Å²) in [5, 5.41) is 24.3. The van der Waals surface area contributed by atoms with E-state index in [9.17, 15) is 15.0 Å². The van der Waals surface area contributed by atoms with Crippen molar-refractivity contribution in [3.8, 4) is 11.5 Å². The van der Waals surface area contributed by atoms with Crippen molar-refractivity contribution in [2.75, 3.05) is 51.6 Å². The Morgan fingerprint density at radius 3 is 2.36 bits per heavy atom. The van der Waals surface area contributed by atoms with Gasteiger partial charge in [-0.3, -0.25) is 14.6 Å². The zero-order valence-electron chi connectivity index (χ0n) is 18.7. The molecular weight excluding hydrogens is 434 g/mol. The van der Waals surface area contributed by atoms with Crippen LogP contribution >= 0.6 is 11.8 Å². The molecule has 1 fully saturated rings. The standard InChI is InChI=1S/C26H31N3O3S/c30-24-8-4-7-21-17-23(25(31)18-22(21)24)26(32)27-9-10-28-11-13-29(14-12-28)15-16-33-19-20-5-2-1-3-6-20/h1-8,17-18,30-31H,9-16,19H2,(H,27,32). The van der Waals surface area contributed by atoms with E-state index in [1.165, 1.54) is 11.6 Å². The first-order valence-electron chi connectivity index (χ1n) is 11.4. The molecule has 0 aromatic heterocycles. The number of nitrogens with one attached hydrogen (secondary N) is 1. The second kappa shape index (κ2) is 11.4. The van der Waals surface area contributed by atoms with Crippen LogP contribution in [0.1, 0.15) is 15.9 Å². The number of amides is 1. The number of hydrogen-bond donors (Lipinski definition) is 3. The van der Waals surface area contributed by atoms with Crippen molar-refractivity contribution in [2.24, 2.45) is 0 Å². The minimum absolute atomic E-state index is 0.0867. The van der Waals surface area contributed by atoms with Crippen molar-refractivity contribution in [1.29, 1.82) is 0 Å². The number of nitrogens with zero attached hydrogens (tertiary/aromatic N) is 2. The van der Waals surface area contributed by atoms with Crippen LogP contribution in [0.4, 0.5) is 0 Å². The number of thioether (sulfide) groups is 1. The molecule has 0 bridgehead atoms. The van der Waals surface area contributed by atoms with Crippen LogP contribution in [0.2, 0.25) is 0 Å². The molecule has 1 heterocycles. The lowest BCUT2D eigenvalue weighted by Crippen LogP contribution is -2.48. The van der Waals surface area contributed by atoms with Crippen LogP contribution in [-0.2, 0) is 5.75 Å². The molecule has 1 aliphatic heterocycles. The third-order valence-corrected chi connectivity index (χ3v) is 7.07. The van der Waals surface area contributed by atoms with Gasteiger partial charge in [0.05, 0.1) is 5.56 Å². The third kappa shape index (κ3) is 6.41. The molecule has 1 aliphatic rings. The Balaban J connectivity index is 1.15. The largest absolute Gasteiger partial charge is 0.507 e. The fourth-order valence-electron chi connectivity index (χ4n) is 4.10. The quantitative estimate of drug-likeness (QED) is 0.420. The smallest absolute Gasteiger partial charge is 0.255 e. The number of aromatic hydroxyl groups is 2. The van der Waals surface area contributed by atoms with E-state index in [0.717, 1.165) is 56.2 Å². The van der Waals surface area contributed by atoms with E-state index < -0.39 is 0 Å². The number of carbonyl (C=O) groups excluding carboxylic acids is 1. The van der Waals surface area contributed by atoms with Crippen LogP contribution < -0.4 is 5.32 Å². The van der Waals surface area contributed by atoms with Gasteiger partial charge >= 0.3 is 0 Å². The molecule has 4 rings (SSSR count). The maximum Gasteiger partial charge on any atom is 0.255 e. The summed E-state index contributed by atoms with van der Waals surface area (Å²) in [5.74, 6) is 1.86. The highest BCUT2D eigenvalue weighted by Crippen LogP contribution is 2.30. The highest BCUT2D eigenvalue weighted by atomic mass is 32.2. The normalized spacial score (nSPS) is 15.0. The SMILES string of the molecule is O=C(NCCN1CCN(CCSCc2ccccc2)CC1)c1cc2cccc(O)c2cc1O. The summed E-state index contributed by atoms with van der Waals surface area (Å²) in [5.41, 5.74) is 1.61. The molecule has 0 saturated carbocycles. The highest BCUT2D eigenvalue weighted by molar-refractivity contribution is 7.98. The van der Waals surface area contributed by atoms with Crippen molar-refractivity contribution in [2.45, 2.75) is 5.75 Å². The van der Waals surface area contributed by atoms with Gasteiger partial charge in [-0.1, -0.05) is 42.5 Å². The Labute approximate surface area is 199 Å². The predicted octanol–water partition coefficient (Wildman–Crippen LogP) is 3.53. The van der Waals surface area contributed by atoms with Crippen molar-refractivity contribution >= 4 is 28.4 Å². The van der Waals surface area contributed by atoms with Gasteiger partial charge in [-0.05, 0) is 29.1 Å². The molecule has 3 N–H and O–H groups in total. The van der Waals surface area contributed by atoms with E-state index in [1.54, 1.807) is 18.2 Å². The molecule has 0 aliphatic carbocycles. The lowest BCUT2D eigenvalue weighted by atomic mass is 10.0. The van der Waals surface area contributed by atoms with Gasteiger partial charge in [0.2, 0.25) is 0 Å². The average molecular weight is 466 g/mol. The molecule has 33 heavy (non-hydrogen) atoms. The first-order valence-corrected chi connectivity index (χ1v) is 12.5. The summed E-state index contributed by atoms with van der Waals surface area (Å²) < 4.78 is 0. The minimum atomic E-state index is -0.299. The van der Waals surface area contributed by atoms with E-state index in [-0.39, 0.29) is 23.0 Å². The Kier molecular flexibility index (Phi) is 8.10. The van der Waals surface area contributed by atoms with Gasteiger partial charge in [-0.2, -0.15) is 11.8 Å². The number of fused-ring (bicyclic) bond motifs is 1. The first-order chi connectivity index (χ1) is 16.1. The van der Waals surface area contributed by atoms with Gasteiger partial charge in [0.25, 0.3) is 5.91 Å². The predicted molar refractivity (Wildman–Crippen MR) is 135 cm³/mol. The van der Waals surface area contributed by atoms with E-state index in [4.69, 9.17) is 0 Å². The topological polar surface area (TPSA) is 76.0 Å². The van der Waals surface area contributed by atoms with E-state index >= 15 is 0 Å². The molecule has 3 aromatic carbocycles. The minimum Gasteiger partial charge on any atom is -0.507 e. The maximum atomic E-state index is 12.6. The average Bonchev–Trinajstić information content (AvgIpc) is 2.83. The number of rotatable bonds is 9. The molecule has 0 radical (unpaired) electrons. The lowest BCUT2D eigenvalue weighted by molar-refractivity contribution is 0.0935. The molecule has 174 valence electrons. The maximum absolute atomic E-state index is 12.6. The second-order valence-electron chi connectivity index (χ2n) is 8.34. The van der Waals surface area contributed by atoms with Gasteiger partial charge in [-0.15, -0.1) is 0 Å². The van der Waals surface area contributed by atoms with Crippen molar-refractivity contribution in [1.82, 2.24) is 15.1 Å². The number of phenols is 2. The molecular formula is C26H31N3O3S. The summed E-state index contributed by atoms with van der Waals surface area (Å²) in [6.45, 7) is 6.53. The first kappa shape index (κ1) is 23.4. The lowest BCUT2D eigenvalue weighted by Gasteiger charge is -2.34. The van der Waals surface area contributed by atoms with E-state index in [2.05, 4.69) is 45.4 Å². The van der Waals surface area contributed by atoms with Gasteiger partial charge in [0.15, 0.2) is 0 Å². The molecule has 0 unspecified atom stereocenters. The Morgan fingerprint density at radius 2 is 1.61 bits per heavy atom. The monoisotopic (exact) mass is 465 g/mol. The van der Waals surface area contributed by atoms with Crippen molar-refractivity contribution < 1.29 is 15.0 Å². The zero-order chi connectivity index (χ0) is 23.0. The van der Waals surface area contributed by atoms with Crippen LogP contribution in [-0.4, -0.2) is 77.5 Å². The second-order valence-corrected chi connectivity index (χ2v) is 9.45. The third-order valence-electron chi connectivity index (χ3n) is 6.06. The fourth-order valence-corrected chi connectivity index (χ4v) is 5.06. The van der Waals surface area contributed by atoms with E-state index in [1.807, 2.05) is 17.8 Å². The van der Waals surface area contributed by atoms with Gasteiger partial charge in [-0.25, -0.2) is 0 Å². The number of piperazine rings is 1. The van der Waals surface area contributed by atoms with Gasteiger partial charge in [0, 0.05) is 62.7 Å². The van der Waals surface area contributed by atoms with Crippen molar-refractivity contribution in [3.63, 3.8) is 0 Å². The van der Waals surface area contributed by atoms with Crippen LogP contribution in [0, 0.1) is 0 Å². The summed E-state index contributed by atoms with van der Waals surface area (Å²) in [4.78, 5) is 17.5. The van der Waals surface area contributed by atoms with Crippen LogP contribution in [0.25, 0.3) is 10.8 Å². The van der Waals surface area contributed by atoms with Crippen molar-refractivity contribution in [3.05, 3.63) is 71.8 Å². The van der Waals surface area contributed by atoms with Crippen LogP contribution in [0.3, 0.4) is 0 Å².